The molecule has 0 aliphatic carbocycles. The minimum Gasteiger partial charge on any atom is -0.481 e. The maximum Gasteiger partial charge on any atom is 0.309 e. The molecule has 1 saturated heterocycles. The van der Waals surface area contributed by atoms with Gasteiger partial charge in [-0.05, 0) is 38.7 Å². The number of amides is 1. The van der Waals surface area contributed by atoms with E-state index >= 15 is 0 Å². The second kappa shape index (κ2) is 6.15. The van der Waals surface area contributed by atoms with E-state index in [1.165, 1.54) is 0 Å². The van der Waals surface area contributed by atoms with Crippen LogP contribution in [0.4, 0.5) is 0 Å². The van der Waals surface area contributed by atoms with Crippen LogP contribution in [-0.4, -0.2) is 35.0 Å². The predicted octanol–water partition coefficient (Wildman–Crippen LogP) is 4.02. The lowest BCUT2D eigenvalue weighted by Crippen LogP contribution is -2.46. The Bertz CT molecular complexity index is 571. The first kappa shape index (κ1) is 16.6. The maximum atomic E-state index is 12.5. The van der Waals surface area contributed by atoms with Crippen LogP contribution in [0.25, 0.3) is 0 Å². The summed E-state index contributed by atoms with van der Waals surface area (Å²) < 4.78 is 0.854. The first-order chi connectivity index (χ1) is 9.73. The molecule has 1 aliphatic heterocycles. The molecule has 0 bridgehead atoms. The van der Waals surface area contributed by atoms with E-state index in [0.29, 0.717) is 27.3 Å². The minimum atomic E-state index is -0.852. The van der Waals surface area contributed by atoms with E-state index in [9.17, 15) is 14.7 Å². The van der Waals surface area contributed by atoms with E-state index in [-0.39, 0.29) is 11.8 Å². The van der Waals surface area contributed by atoms with Crippen molar-refractivity contribution in [3.8, 4) is 0 Å². The third kappa shape index (κ3) is 3.35. The Kier molecular flexibility index (Phi) is 4.85. The number of piperidine rings is 1. The molecule has 1 N–H and O–H groups in total. The van der Waals surface area contributed by atoms with E-state index in [2.05, 4.69) is 0 Å². The van der Waals surface area contributed by atoms with E-state index in [1.54, 1.807) is 24.8 Å². The molecule has 0 radical (unpaired) electrons. The van der Waals surface area contributed by atoms with Gasteiger partial charge < -0.3 is 10.0 Å². The third-order valence-electron chi connectivity index (χ3n) is 4.17. The van der Waals surface area contributed by atoms with Gasteiger partial charge in [-0.15, -0.1) is 11.3 Å². The predicted molar refractivity (Wildman–Crippen MR) is 84.4 cm³/mol. The average molecular weight is 350 g/mol. The number of carboxylic acid groups (broad SMARTS) is 1. The van der Waals surface area contributed by atoms with Gasteiger partial charge >= 0.3 is 5.97 Å². The first-order valence-corrected chi connectivity index (χ1v) is 8.28. The summed E-state index contributed by atoms with van der Waals surface area (Å²) in [7, 11) is 0. The molecule has 2 heterocycles. The zero-order valence-corrected chi connectivity index (χ0v) is 14.2. The Balaban J connectivity index is 2.16. The van der Waals surface area contributed by atoms with Crippen molar-refractivity contribution in [2.75, 3.05) is 13.1 Å². The Hall–Kier alpha value is -0.780. The molecule has 0 aromatic carbocycles. The molecule has 0 saturated carbocycles. The van der Waals surface area contributed by atoms with Gasteiger partial charge in [-0.2, -0.15) is 0 Å². The molecule has 1 amide bonds. The number of nitrogens with zero attached hydrogens (tertiary/aromatic N) is 1. The van der Waals surface area contributed by atoms with Crippen molar-refractivity contribution in [1.29, 1.82) is 0 Å². The number of likely N-dealkylation sites (tertiary alicyclic amines) is 1. The third-order valence-corrected chi connectivity index (χ3v) is 5.66. The van der Waals surface area contributed by atoms with Gasteiger partial charge in [0.25, 0.3) is 5.91 Å². The number of carbonyl (C=O) groups excluding carboxylic acids is 1. The first-order valence-electron chi connectivity index (χ1n) is 6.71. The lowest BCUT2D eigenvalue weighted by molar-refractivity contribution is -0.151. The molecule has 116 valence electrons. The molecule has 1 unspecified atom stereocenters. The Morgan fingerprint density at radius 1 is 1.43 bits per heavy atom. The van der Waals surface area contributed by atoms with Gasteiger partial charge in [-0.3, -0.25) is 9.59 Å². The van der Waals surface area contributed by atoms with E-state index in [1.807, 2.05) is 0 Å². The van der Waals surface area contributed by atoms with Crippen LogP contribution in [0.2, 0.25) is 8.67 Å². The summed E-state index contributed by atoms with van der Waals surface area (Å²) in [4.78, 5) is 25.6. The quantitative estimate of drug-likeness (QED) is 0.896. The Morgan fingerprint density at radius 3 is 2.62 bits per heavy atom. The highest BCUT2D eigenvalue weighted by Gasteiger charge is 2.40. The molecule has 0 spiro atoms. The number of rotatable bonds is 3. The van der Waals surface area contributed by atoms with Crippen LogP contribution in [0, 0.1) is 11.3 Å². The monoisotopic (exact) mass is 349 g/mol. The fourth-order valence-corrected chi connectivity index (χ4v) is 4.03. The summed E-state index contributed by atoms with van der Waals surface area (Å²) in [6, 6.07) is 1.57. The topological polar surface area (TPSA) is 57.6 Å². The van der Waals surface area contributed by atoms with Crippen LogP contribution >= 0.6 is 34.5 Å². The molecule has 1 aromatic heterocycles. The van der Waals surface area contributed by atoms with Gasteiger partial charge in [0, 0.05) is 13.1 Å². The molecule has 1 fully saturated rings. The van der Waals surface area contributed by atoms with Crippen LogP contribution in [-0.2, 0) is 4.79 Å². The number of carboxylic acids is 1. The standard InChI is InChI=1S/C14H17Cl2NO3S/c1-14(2,13(19)20)8-4-3-5-17(7-8)12(18)9-6-10(15)21-11(9)16/h6,8H,3-5,7H2,1-2H3,(H,19,20). The van der Waals surface area contributed by atoms with Crippen molar-refractivity contribution < 1.29 is 14.7 Å². The van der Waals surface area contributed by atoms with Gasteiger partial charge in [-0.1, -0.05) is 23.2 Å². The van der Waals surface area contributed by atoms with Crippen molar-refractivity contribution in [2.45, 2.75) is 26.7 Å². The number of halogens is 2. The second-order valence-corrected chi connectivity index (χ2v) is 8.14. The molecule has 4 nitrogen and oxygen atoms in total. The molecule has 1 aromatic rings. The zero-order valence-electron chi connectivity index (χ0n) is 11.9. The summed E-state index contributed by atoms with van der Waals surface area (Å²) in [5.74, 6) is -1.08. The van der Waals surface area contributed by atoms with Gasteiger partial charge in [0.2, 0.25) is 0 Å². The number of aliphatic carboxylic acids is 1. The van der Waals surface area contributed by atoms with Crippen molar-refractivity contribution in [1.82, 2.24) is 4.90 Å². The highest BCUT2D eigenvalue weighted by molar-refractivity contribution is 7.20. The van der Waals surface area contributed by atoms with Crippen LogP contribution < -0.4 is 0 Å². The molecule has 1 atom stereocenters. The average Bonchev–Trinajstić information content (AvgIpc) is 2.76. The van der Waals surface area contributed by atoms with Gasteiger partial charge in [-0.25, -0.2) is 0 Å². The fraction of sp³-hybridized carbons (Fsp3) is 0.571. The van der Waals surface area contributed by atoms with Crippen molar-refractivity contribution in [3.05, 3.63) is 20.3 Å². The highest BCUT2D eigenvalue weighted by Crippen LogP contribution is 2.36. The van der Waals surface area contributed by atoms with Crippen LogP contribution in [0.3, 0.4) is 0 Å². The maximum absolute atomic E-state index is 12.5. The summed E-state index contributed by atoms with van der Waals surface area (Å²) in [5.41, 5.74) is -0.449. The number of hydrogen-bond donors (Lipinski definition) is 1. The smallest absolute Gasteiger partial charge is 0.309 e. The molecular formula is C14H17Cl2NO3S. The summed E-state index contributed by atoms with van der Waals surface area (Å²) in [6.45, 7) is 4.47. The lowest BCUT2D eigenvalue weighted by Gasteiger charge is -2.39. The minimum absolute atomic E-state index is 0.0689. The summed E-state index contributed by atoms with van der Waals surface area (Å²) in [5, 5.41) is 9.34. The Labute approximate surface area is 137 Å². The fourth-order valence-electron chi connectivity index (χ4n) is 2.58. The largest absolute Gasteiger partial charge is 0.481 e. The SMILES string of the molecule is CC(C)(C(=O)O)C1CCCN(C(=O)c2cc(Cl)sc2Cl)C1. The van der Waals surface area contributed by atoms with Gasteiger partial charge in [0.1, 0.15) is 4.34 Å². The summed E-state index contributed by atoms with van der Waals surface area (Å²) in [6.07, 6.45) is 1.60. The van der Waals surface area contributed by atoms with Gasteiger partial charge in [0.05, 0.1) is 15.3 Å². The molecule has 7 heteroatoms. The Morgan fingerprint density at radius 2 is 2.10 bits per heavy atom. The lowest BCUT2D eigenvalue weighted by atomic mass is 9.74. The van der Waals surface area contributed by atoms with Crippen LogP contribution in [0.1, 0.15) is 37.0 Å². The van der Waals surface area contributed by atoms with Crippen LogP contribution in [0.15, 0.2) is 6.07 Å². The molecule has 21 heavy (non-hydrogen) atoms. The second-order valence-electron chi connectivity index (χ2n) is 5.86. The number of hydrogen-bond acceptors (Lipinski definition) is 3. The molecule has 2 rings (SSSR count). The number of carbonyl (C=O) groups is 2. The van der Waals surface area contributed by atoms with Crippen molar-refractivity contribution >= 4 is 46.4 Å². The zero-order chi connectivity index (χ0) is 15.8. The van der Waals surface area contributed by atoms with E-state index < -0.39 is 11.4 Å². The molecular weight excluding hydrogens is 333 g/mol. The van der Waals surface area contributed by atoms with E-state index in [4.69, 9.17) is 23.2 Å². The normalized spacial score (nSPS) is 19.6. The number of thiophene rings is 1. The van der Waals surface area contributed by atoms with Crippen molar-refractivity contribution in [2.24, 2.45) is 11.3 Å². The highest BCUT2D eigenvalue weighted by atomic mass is 35.5. The summed E-state index contributed by atoms with van der Waals surface area (Å²) >= 11 is 13.1. The van der Waals surface area contributed by atoms with E-state index in [0.717, 1.165) is 24.2 Å². The molecule has 1 aliphatic rings. The van der Waals surface area contributed by atoms with Gasteiger partial charge in [0.15, 0.2) is 0 Å². The van der Waals surface area contributed by atoms with Crippen LogP contribution in [0.5, 0.6) is 0 Å². The van der Waals surface area contributed by atoms with Crippen molar-refractivity contribution in [3.63, 3.8) is 0 Å².